The zero-order valence-electron chi connectivity index (χ0n) is 14.0. The molecule has 0 spiro atoms. The van der Waals surface area contributed by atoms with E-state index in [0.717, 1.165) is 34.6 Å². The number of nitrogens with zero attached hydrogens (tertiary/aromatic N) is 1. The Kier molecular flexibility index (Phi) is 4.39. The molecule has 0 atom stereocenters. The fourth-order valence-corrected chi connectivity index (χ4v) is 2.90. The monoisotopic (exact) mass is 314 g/mol. The van der Waals surface area contributed by atoms with Gasteiger partial charge in [0.2, 0.25) is 0 Å². The fourth-order valence-electron chi connectivity index (χ4n) is 2.90. The maximum absolute atomic E-state index is 6.14. The van der Waals surface area contributed by atoms with Crippen molar-refractivity contribution in [2.24, 2.45) is 0 Å². The van der Waals surface area contributed by atoms with Gasteiger partial charge in [-0.15, -0.1) is 0 Å². The summed E-state index contributed by atoms with van der Waals surface area (Å²) in [6.45, 7) is 10.9. The summed E-state index contributed by atoms with van der Waals surface area (Å²) < 4.78 is 0. The molecule has 1 aliphatic rings. The Morgan fingerprint density at radius 1 is 1.12 bits per heavy atom. The Hall–Kier alpha value is -3.00. The van der Waals surface area contributed by atoms with Crippen molar-refractivity contribution < 1.29 is 0 Å². The average Bonchev–Trinajstić information content (AvgIpc) is 2.59. The van der Waals surface area contributed by atoms with Gasteiger partial charge in [0, 0.05) is 24.1 Å². The second-order valence-corrected chi connectivity index (χ2v) is 6.02. The van der Waals surface area contributed by atoms with Gasteiger partial charge in [0.15, 0.2) is 0 Å². The summed E-state index contributed by atoms with van der Waals surface area (Å²) in [6, 6.07) is 14.5. The van der Waals surface area contributed by atoms with Gasteiger partial charge in [-0.2, -0.15) is 0 Å². The number of benzene rings is 2. The van der Waals surface area contributed by atoms with Crippen LogP contribution in [0, 0.1) is 6.92 Å². The first kappa shape index (κ1) is 15.9. The molecule has 3 rings (SSSR count). The summed E-state index contributed by atoms with van der Waals surface area (Å²) in [4.78, 5) is 2.17. The molecule has 0 saturated heterocycles. The van der Waals surface area contributed by atoms with Gasteiger partial charge in [-0.05, 0) is 53.0 Å². The summed E-state index contributed by atoms with van der Waals surface area (Å²) >= 11 is 0. The van der Waals surface area contributed by atoms with Crippen molar-refractivity contribution in [3.05, 3.63) is 102 Å². The molecule has 0 bridgehead atoms. The molecule has 2 aromatic rings. The molecule has 0 fully saturated rings. The highest BCUT2D eigenvalue weighted by atomic mass is 15.1. The molecule has 24 heavy (non-hydrogen) atoms. The quantitative estimate of drug-likeness (QED) is 0.791. The molecule has 1 heterocycles. The third-order valence-electron chi connectivity index (χ3n) is 4.28. The number of aryl methyl sites for hydroxylation is 1. The molecule has 2 N–H and O–H groups in total. The largest absolute Gasteiger partial charge is 0.398 e. The summed E-state index contributed by atoms with van der Waals surface area (Å²) in [7, 11) is 0. The first-order valence-corrected chi connectivity index (χ1v) is 8.01. The molecule has 2 aromatic carbocycles. The maximum atomic E-state index is 6.14. The minimum Gasteiger partial charge on any atom is -0.398 e. The van der Waals surface area contributed by atoms with Crippen LogP contribution in [0.15, 0.2) is 79.7 Å². The Balaban J connectivity index is 1.95. The number of hydrogen-bond donors (Lipinski definition) is 1. The molecule has 2 heteroatoms. The van der Waals surface area contributed by atoms with Gasteiger partial charge in [-0.1, -0.05) is 55.6 Å². The van der Waals surface area contributed by atoms with Gasteiger partial charge in [0.05, 0.1) is 0 Å². The number of nitrogen functional groups attached to an aromatic ring is 1. The Morgan fingerprint density at radius 3 is 2.58 bits per heavy atom. The molecule has 120 valence electrons. The lowest BCUT2D eigenvalue weighted by Gasteiger charge is -2.26. The van der Waals surface area contributed by atoms with Gasteiger partial charge >= 0.3 is 0 Å². The topological polar surface area (TPSA) is 29.3 Å². The van der Waals surface area contributed by atoms with Gasteiger partial charge in [-0.25, -0.2) is 0 Å². The van der Waals surface area contributed by atoms with Crippen LogP contribution in [-0.2, 0) is 6.54 Å². The second-order valence-electron chi connectivity index (χ2n) is 6.02. The molecular weight excluding hydrogens is 292 g/mol. The predicted octanol–water partition coefficient (Wildman–Crippen LogP) is 5.15. The Bertz CT molecular complexity index is 842. The molecule has 0 unspecified atom stereocenters. The van der Waals surface area contributed by atoms with Crippen LogP contribution in [-0.4, -0.2) is 4.90 Å². The van der Waals surface area contributed by atoms with Crippen LogP contribution in [0.3, 0.4) is 0 Å². The fraction of sp³-hybridized carbons (Fsp3) is 0.0909. The maximum Gasteiger partial charge on any atom is 0.0475 e. The zero-order valence-corrected chi connectivity index (χ0v) is 14.0. The van der Waals surface area contributed by atoms with Crippen LogP contribution < -0.4 is 5.73 Å². The molecule has 2 nitrogen and oxygen atoms in total. The molecule has 0 aliphatic carbocycles. The van der Waals surface area contributed by atoms with E-state index in [2.05, 4.69) is 73.7 Å². The first-order valence-electron chi connectivity index (χ1n) is 8.01. The summed E-state index contributed by atoms with van der Waals surface area (Å²) in [5.41, 5.74) is 13.6. The highest BCUT2D eigenvalue weighted by Gasteiger charge is 2.13. The van der Waals surface area contributed by atoms with Crippen molar-refractivity contribution >= 4 is 17.3 Å². The smallest absolute Gasteiger partial charge is 0.0475 e. The first-order chi connectivity index (χ1) is 11.6. The number of hydrogen-bond acceptors (Lipinski definition) is 2. The SMILES string of the molecule is C=Cc1cc(C)c(C2=CN(Cc3ccccc3)C(=C)C=C2)cc1N. The van der Waals surface area contributed by atoms with Crippen LogP contribution in [0.25, 0.3) is 11.6 Å². The van der Waals surface area contributed by atoms with Crippen LogP contribution in [0.5, 0.6) is 0 Å². The molecule has 0 saturated carbocycles. The third kappa shape index (κ3) is 3.18. The Labute approximate surface area is 143 Å². The van der Waals surface area contributed by atoms with Crippen molar-refractivity contribution in [2.45, 2.75) is 13.5 Å². The summed E-state index contributed by atoms with van der Waals surface area (Å²) in [5.74, 6) is 0. The van der Waals surface area contributed by atoms with E-state index in [1.165, 1.54) is 11.1 Å². The number of anilines is 1. The molecule has 1 aliphatic heterocycles. The number of nitrogens with two attached hydrogens (primary N) is 1. The van der Waals surface area contributed by atoms with Gasteiger partial charge in [-0.3, -0.25) is 0 Å². The zero-order chi connectivity index (χ0) is 17.1. The van der Waals surface area contributed by atoms with Crippen molar-refractivity contribution in [1.82, 2.24) is 4.90 Å². The lowest BCUT2D eigenvalue weighted by atomic mass is 9.95. The van der Waals surface area contributed by atoms with Gasteiger partial charge in [0.25, 0.3) is 0 Å². The van der Waals surface area contributed by atoms with E-state index in [1.807, 2.05) is 12.1 Å². The van der Waals surface area contributed by atoms with E-state index in [9.17, 15) is 0 Å². The van der Waals surface area contributed by atoms with E-state index in [0.29, 0.717) is 0 Å². The van der Waals surface area contributed by atoms with Crippen molar-refractivity contribution in [2.75, 3.05) is 5.73 Å². The molecule has 0 aromatic heterocycles. The van der Waals surface area contributed by atoms with Crippen LogP contribution >= 0.6 is 0 Å². The Morgan fingerprint density at radius 2 is 1.88 bits per heavy atom. The van der Waals surface area contributed by atoms with E-state index in [-0.39, 0.29) is 0 Å². The van der Waals surface area contributed by atoms with Crippen molar-refractivity contribution in [1.29, 1.82) is 0 Å². The second kappa shape index (κ2) is 6.63. The van der Waals surface area contributed by atoms with E-state index >= 15 is 0 Å². The van der Waals surface area contributed by atoms with E-state index < -0.39 is 0 Å². The molecule has 0 radical (unpaired) electrons. The van der Waals surface area contributed by atoms with Crippen molar-refractivity contribution in [3.8, 4) is 0 Å². The number of allylic oxidation sites excluding steroid dienone is 3. The minimum absolute atomic E-state index is 0.749. The normalized spacial score (nSPS) is 13.8. The van der Waals surface area contributed by atoms with Gasteiger partial charge in [0.1, 0.15) is 0 Å². The summed E-state index contributed by atoms with van der Waals surface area (Å²) in [6.07, 6.45) is 8.08. The van der Waals surface area contributed by atoms with Crippen molar-refractivity contribution in [3.63, 3.8) is 0 Å². The van der Waals surface area contributed by atoms with E-state index in [4.69, 9.17) is 5.73 Å². The van der Waals surface area contributed by atoms with E-state index in [1.54, 1.807) is 6.08 Å². The standard InChI is InChI=1S/C22H22N2/c1-4-19-12-16(2)21(13-22(19)23)20-11-10-17(3)24(15-20)14-18-8-6-5-7-9-18/h4-13,15H,1,3,14,23H2,2H3. The lowest BCUT2D eigenvalue weighted by Crippen LogP contribution is -2.17. The minimum atomic E-state index is 0.749. The van der Waals surface area contributed by atoms with Gasteiger partial charge < -0.3 is 10.6 Å². The number of rotatable bonds is 4. The highest BCUT2D eigenvalue weighted by Crippen LogP contribution is 2.30. The third-order valence-corrected chi connectivity index (χ3v) is 4.28. The molecule has 0 amide bonds. The average molecular weight is 314 g/mol. The summed E-state index contributed by atoms with van der Waals surface area (Å²) in [5, 5.41) is 0. The predicted molar refractivity (Wildman–Crippen MR) is 104 cm³/mol. The molecular formula is C22H22N2. The van der Waals surface area contributed by atoms with Crippen LogP contribution in [0.2, 0.25) is 0 Å². The lowest BCUT2D eigenvalue weighted by molar-refractivity contribution is 0.474. The highest BCUT2D eigenvalue weighted by molar-refractivity contribution is 5.81. The van der Waals surface area contributed by atoms with Crippen LogP contribution in [0.4, 0.5) is 5.69 Å². The van der Waals surface area contributed by atoms with Crippen LogP contribution in [0.1, 0.15) is 22.3 Å².